The van der Waals surface area contributed by atoms with Crippen LogP contribution in [0, 0.1) is 6.92 Å². The average Bonchev–Trinajstić information content (AvgIpc) is 2.50. The molecule has 1 rings (SSSR count). The zero-order chi connectivity index (χ0) is 11.3. The van der Waals surface area contributed by atoms with Gasteiger partial charge in [-0.15, -0.1) is 0 Å². The Kier molecular flexibility index (Phi) is 4.30. The first kappa shape index (κ1) is 11.7. The molecule has 0 spiro atoms. The van der Waals surface area contributed by atoms with Crippen molar-refractivity contribution in [1.29, 1.82) is 0 Å². The van der Waals surface area contributed by atoms with Crippen LogP contribution in [0.4, 0.5) is 5.82 Å². The second-order valence-electron chi connectivity index (χ2n) is 3.85. The molecule has 5 nitrogen and oxygen atoms in total. The fraction of sp³-hybridized carbons (Fsp3) is 0.600. The van der Waals surface area contributed by atoms with Gasteiger partial charge in [0, 0.05) is 24.2 Å². The molecule has 0 fully saturated rings. The number of nitrogens with zero attached hydrogens (tertiary/aromatic N) is 1. The van der Waals surface area contributed by atoms with Crippen molar-refractivity contribution in [3.8, 4) is 0 Å². The molecule has 0 saturated heterocycles. The molecule has 4 N–H and O–H groups in total. The van der Waals surface area contributed by atoms with E-state index >= 15 is 0 Å². The number of nitrogens with one attached hydrogen (secondary N) is 2. The third kappa shape index (κ3) is 4.60. The summed E-state index contributed by atoms with van der Waals surface area (Å²) in [5, 5.41) is 9.40. The van der Waals surface area contributed by atoms with Crippen LogP contribution in [-0.2, 0) is 4.79 Å². The van der Waals surface area contributed by atoms with Crippen LogP contribution in [0.1, 0.15) is 31.9 Å². The van der Waals surface area contributed by atoms with Gasteiger partial charge < -0.3 is 11.1 Å². The minimum Gasteiger partial charge on any atom is -0.328 e. The Morgan fingerprint density at radius 1 is 1.73 bits per heavy atom. The summed E-state index contributed by atoms with van der Waals surface area (Å²) in [6.07, 6.45) is 2.17. The number of aromatic nitrogens is 2. The smallest absolute Gasteiger partial charge is 0.225 e. The average molecular weight is 210 g/mol. The van der Waals surface area contributed by atoms with Crippen LogP contribution < -0.4 is 11.1 Å². The lowest BCUT2D eigenvalue weighted by Gasteiger charge is -2.04. The van der Waals surface area contributed by atoms with Gasteiger partial charge in [-0.3, -0.25) is 9.89 Å². The summed E-state index contributed by atoms with van der Waals surface area (Å²) < 4.78 is 0. The van der Waals surface area contributed by atoms with Gasteiger partial charge >= 0.3 is 0 Å². The first-order valence-electron chi connectivity index (χ1n) is 5.15. The summed E-state index contributed by atoms with van der Waals surface area (Å²) in [6, 6.07) is 1.95. The van der Waals surface area contributed by atoms with Crippen LogP contribution in [-0.4, -0.2) is 22.1 Å². The number of rotatable bonds is 5. The van der Waals surface area contributed by atoms with Crippen molar-refractivity contribution >= 4 is 11.7 Å². The van der Waals surface area contributed by atoms with E-state index in [-0.39, 0.29) is 11.9 Å². The lowest BCUT2D eigenvalue weighted by Crippen LogP contribution is -2.16. The Bertz CT molecular complexity index is 319. The molecule has 1 amide bonds. The predicted octanol–water partition coefficient (Wildman–Crippen LogP) is 1.17. The quantitative estimate of drug-likeness (QED) is 0.682. The minimum absolute atomic E-state index is 0.0119. The number of nitrogens with two attached hydrogens (primary N) is 1. The molecular weight excluding hydrogens is 192 g/mol. The number of amides is 1. The first-order chi connectivity index (χ1) is 7.08. The van der Waals surface area contributed by atoms with Gasteiger partial charge in [0.2, 0.25) is 5.91 Å². The highest BCUT2D eigenvalue weighted by molar-refractivity contribution is 5.89. The third-order valence-electron chi connectivity index (χ3n) is 2.04. The van der Waals surface area contributed by atoms with E-state index in [4.69, 9.17) is 5.73 Å². The number of carbonyl (C=O) groups is 1. The Balaban J connectivity index is 2.24. The molecule has 0 aliphatic carbocycles. The molecule has 0 aliphatic rings. The van der Waals surface area contributed by atoms with E-state index in [2.05, 4.69) is 15.5 Å². The molecule has 1 unspecified atom stereocenters. The van der Waals surface area contributed by atoms with Crippen molar-refractivity contribution in [2.24, 2.45) is 5.73 Å². The van der Waals surface area contributed by atoms with Gasteiger partial charge in [0.1, 0.15) is 0 Å². The van der Waals surface area contributed by atoms with Gasteiger partial charge in [0.05, 0.1) is 0 Å². The van der Waals surface area contributed by atoms with Crippen LogP contribution >= 0.6 is 0 Å². The molecule has 15 heavy (non-hydrogen) atoms. The number of anilines is 1. The summed E-state index contributed by atoms with van der Waals surface area (Å²) in [6.45, 7) is 3.83. The van der Waals surface area contributed by atoms with Gasteiger partial charge in [0.15, 0.2) is 5.82 Å². The van der Waals surface area contributed by atoms with Gasteiger partial charge in [0.25, 0.3) is 0 Å². The van der Waals surface area contributed by atoms with Crippen LogP contribution in [0.5, 0.6) is 0 Å². The van der Waals surface area contributed by atoms with Crippen molar-refractivity contribution in [3.63, 3.8) is 0 Å². The minimum atomic E-state index is -0.0119. The van der Waals surface area contributed by atoms with Crippen molar-refractivity contribution < 1.29 is 4.79 Å². The molecule has 0 aromatic carbocycles. The van der Waals surface area contributed by atoms with Crippen molar-refractivity contribution in [2.75, 3.05) is 5.32 Å². The third-order valence-corrected chi connectivity index (χ3v) is 2.04. The Morgan fingerprint density at radius 3 is 3.00 bits per heavy atom. The predicted molar refractivity (Wildman–Crippen MR) is 59.5 cm³/mol. The Morgan fingerprint density at radius 2 is 2.47 bits per heavy atom. The number of hydrogen-bond donors (Lipinski definition) is 3. The Hall–Kier alpha value is -1.36. The van der Waals surface area contributed by atoms with Gasteiger partial charge in [-0.25, -0.2) is 0 Å². The maximum Gasteiger partial charge on any atom is 0.225 e. The standard InChI is InChI=1S/C10H18N4O/c1-7(11)4-3-5-10(15)12-9-6-8(2)13-14-9/h6-7H,3-5,11H2,1-2H3,(H2,12,13,14,15). The van der Waals surface area contributed by atoms with Crippen molar-refractivity contribution in [2.45, 2.75) is 39.2 Å². The summed E-state index contributed by atoms with van der Waals surface area (Å²) in [5.41, 5.74) is 6.52. The highest BCUT2D eigenvalue weighted by Crippen LogP contribution is 2.06. The lowest BCUT2D eigenvalue weighted by molar-refractivity contribution is -0.116. The molecule has 84 valence electrons. The molecular formula is C10H18N4O. The van der Waals surface area contributed by atoms with Crippen LogP contribution in [0.3, 0.4) is 0 Å². The maximum atomic E-state index is 11.4. The van der Waals surface area contributed by atoms with Crippen LogP contribution in [0.2, 0.25) is 0 Å². The molecule has 1 atom stereocenters. The highest BCUT2D eigenvalue weighted by Gasteiger charge is 2.05. The highest BCUT2D eigenvalue weighted by atomic mass is 16.1. The lowest BCUT2D eigenvalue weighted by atomic mass is 10.1. The zero-order valence-electron chi connectivity index (χ0n) is 9.21. The van der Waals surface area contributed by atoms with E-state index in [0.717, 1.165) is 18.5 Å². The number of hydrogen-bond acceptors (Lipinski definition) is 3. The van der Waals surface area contributed by atoms with E-state index in [0.29, 0.717) is 12.2 Å². The topological polar surface area (TPSA) is 83.8 Å². The van der Waals surface area contributed by atoms with Crippen molar-refractivity contribution in [1.82, 2.24) is 10.2 Å². The number of H-pyrrole nitrogens is 1. The molecule has 1 heterocycles. The van der Waals surface area contributed by atoms with E-state index in [1.54, 1.807) is 6.07 Å². The fourth-order valence-corrected chi connectivity index (χ4v) is 1.27. The number of carbonyl (C=O) groups excluding carboxylic acids is 1. The zero-order valence-corrected chi connectivity index (χ0v) is 9.21. The van der Waals surface area contributed by atoms with Gasteiger partial charge in [-0.1, -0.05) is 0 Å². The molecule has 0 bridgehead atoms. The molecule has 1 aromatic heterocycles. The second-order valence-corrected chi connectivity index (χ2v) is 3.85. The molecule has 0 radical (unpaired) electrons. The largest absolute Gasteiger partial charge is 0.328 e. The molecule has 0 saturated carbocycles. The molecule has 5 heteroatoms. The van der Waals surface area contributed by atoms with E-state index in [9.17, 15) is 4.79 Å². The fourth-order valence-electron chi connectivity index (χ4n) is 1.27. The SMILES string of the molecule is Cc1cc(NC(=O)CCCC(C)N)n[nH]1. The summed E-state index contributed by atoms with van der Waals surface area (Å²) in [7, 11) is 0. The van der Waals surface area contributed by atoms with Crippen LogP contribution in [0.25, 0.3) is 0 Å². The molecule has 0 aliphatic heterocycles. The van der Waals surface area contributed by atoms with Gasteiger partial charge in [-0.05, 0) is 26.7 Å². The number of aryl methyl sites for hydroxylation is 1. The van der Waals surface area contributed by atoms with E-state index in [1.807, 2.05) is 13.8 Å². The van der Waals surface area contributed by atoms with Gasteiger partial charge in [-0.2, -0.15) is 5.10 Å². The molecule has 1 aromatic rings. The Labute approximate surface area is 89.4 Å². The summed E-state index contributed by atoms with van der Waals surface area (Å²) >= 11 is 0. The van der Waals surface area contributed by atoms with Crippen molar-refractivity contribution in [3.05, 3.63) is 11.8 Å². The second kappa shape index (κ2) is 5.50. The van der Waals surface area contributed by atoms with Crippen LogP contribution in [0.15, 0.2) is 6.07 Å². The van der Waals surface area contributed by atoms with E-state index in [1.165, 1.54) is 0 Å². The monoisotopic (exact) mass is 210 g/mol. The normalized spacial score (nSPS) is 12.5. The summed E-state index contributed by atoms with van der Waals surface area (Å²) in [5.74, 6) is 0.570. The summed E-state index contributed by atoms with van der Waals surface area (Å²) in [4.78, 5) is 11.4. The number of aromatic amines is 1. The first-order valence-corrected chi connectivity index (χ1v) is 5.15. The maximum absolute atomic E-state index is 11.4. The van der Waals surface area contributed by atoms with E-state index < -0.39 is 0 Å².